The van der Waals surface area contributed by atoms with Gasteiger partial charge in [-0.1, -0.05) is 0 Å². The average Bonchev–Trinajstić information content (AvgIpc) is 1.73. The number of carboxylic acids is 2. The number of nitrogens with zero attached hydrogens (tertiary/aromatic N) is 2. The van der Waals surface area contributed by atoms with Crippen LogP contribution in [0.1, 0.15) is 0 Å². The molecule has 0 radical (unpaired) electrons. The molecule has 0 aromatic rings. The maximum absolute atomic E-state index is 10.6. The SMILES string of the molecule is C[N+](C)(CC(=O)O)C[N+](C)(C)CC(=O)O. The van der Waals surface area contributed by atoms with Crippen LogP contribution in [0.2, 0.25) is 0 Å². The average molecular weight is 220 g/mol. The van der Waals surface area contributed by atoms with Crippen LogP contribution in [0.25, 0.3) is 0 Å². The van der Waals surface area contributed by atoms with Crippen LogP contribution >= 0.6 is 0 Å². The van der Waals surface area contributed by atoms with Gasteiger partial charge < -0.3 is 10.2 Å². The van der Waals surface area contributed by atoms with Gasteiger partial charge in [-0.15, -0.1) is 0 Å². The Balaban J connectivity index is 4.42. The summed E-state index contributed by atoms with van der Waals surface area (Å²) >= 11 is 0. The summed E-state index contributed by atoms with van der Waals surface area (Å²) < 4.78 is 0.519. The van der Waals surface area contributed by atoms with E-state index in [9.17, 15) is 9.59 Å². The van der Waals surface area contributed by atoms with Crippen LogP contribution in [0.5, 0.6) is 0 Å². The molecule has 0 unspecified atom stereocenters. The summed E-state index contributed by atoms with van der Waals surface area (Å²) in [5.74, 6) is -1.76. The first-order valence-electron chi connectivity index (χ1n) is 4.62. The zero-order valence-corrected chi connectivity index (χ0v) is 9.73. The molecule has 6 nitrogen and oxygen atoms in total. The number of quaternary nitrogens is 2. The molecule has 0 rings (SSSR count). The van der Waals surface area contributed by atoms with E-state index in [0.29, 0.717) is 6.67 Å². The molecule has 88 valence electrons. The Morgan fingerprint density at radius 2 is 1.13 bits per heavy atom. The van der Waals surface area contributed by atoms with Gasteiger partial charge in [-0.3, -0.25) is 8.97 Å². The zero-order valence-electron chi connectivity index (χ0n) is 9.73. The molecule has 2 N–H and O–H groups in total. The fraction of sp³-hybridized carbons (Fsp3) is 0.778. The van der Waals surface area contributed by atoms with Crippen LogP contribution in [0, 0.1) is 0 Å². The van der Waals surface area contributed by atoms with Gasteiger partial charge in [-0.2, -0.15) is 0 Å². The Labute approximate surface area is 89.5 Å². The van der Waals surface area contributed by atoms with Crippen molar-refractivity contribution in [3.05, 3.63) is 0 Å². The lowest BCUT2D eigenvalue weighted by Gasteiger charge is -2.36. The summed E-state index contributed by atoms with van der Waals surface area (Å²) in [7, 11) is 7.10. The highest BCUT2D eigenvalue weighted by atomic mass is 16.4. The van der Waals surface area contributed by atoms with Gasteiger partial charge in [-0.05, 0) is 0 Å². The van der Waals surface area contributed by atoms with E-state index in [0.717, 1.165) is 0 Å². The number of aliphatic carboxylic acids is 2. The first-order valence-corrected chi connectivity index (χ1v) is 4.62. The number of hydrogen-bond acceptors (Lipinski definition) is 2. The second-order valence-electron chi connectivity index (χ2n) is 5.12. The molecule has 0 aromatic carbocycles. The van der Waals surface area contributed by atoms with E-state index in [1.807, 2.05) is 0 Å². The first-order chi connectivity index (χ1) is 6.54. The van der Waals surface area contributed by atoms with Crippen molar-refractivity contribution in [3.63, 3.8) is 0 Å². The monoisotopic (exact) mass is 220 g/mol. The number of carbonyl (C=O) groups is 2. The molecule has 0 spiro atoms. The molecule has 0 bridgehead atoms. The molecule has 0 aliphatic rings. The summed E-state index contributed by atoms with van der Waals surface area (Å²) in [6.07, 6.45) is 0. The van der Waals surface area contributed by atoms with Crippen molar-refractivity contribution < 1.29 is 28.8 Å². The Morgan fingerprint density at radius 1 is 0.867 bits per heavy atom. The van der Waals surface area contributed by atoms with Gasteiger partial charge in [0.1, 0.15) is 0 Å². The first kappa shape index (κ1) is 13.9. The van der Waals surface area contributed by atoms with Crippen molar-refractivity contribution in [2.75, 3.05) is 47.9 Å². The van der Waals surface area contributed by atoms with Gasteiger partial charge in [0.05, 0.1) is 28.2 Å². The molecule has 0 fully saturated rings. The highest BCUT2D eigenvalue weighted by Crippen LogP contribution is 2.05. The Bertz CT molecular complexity index is 235. The highest BCUT2D eigenvalue weighted by molar-refractivity contribution is 5.68. The van der Waals surface area contributed by atoms with Crippen LogP contribution in [0.4, 0.5) is 0 Å². The van der Waals surface area contributed by atoms with E-state index in [4.69, 9.17) is 10.2 Å². The lowest BCUT2D eigenvalue weighted by atomic mass is 10.4. The topological polar surface area (TPSA) is 74.6 Å². The zero-order chi connectivity index (χ0) is 12.3. The largest absolute Gasteiger partial charge is 0.477 e. The summed E-state index contributed by atoms with van der Waals surface area (Å²) in [4.78, 5) is 21.2. The highest BCUT2D eigenvalue weighted by Gasteiger charge is 2.31. The van der Waals surface area contributed by atoms with E-state index in [-0.39, 0.29) is 22.1 Å². The molecule has 15 heavy (non-hydrogen) atoms. The van der Waals surface area contributed by atoms with Crippen LogP contribution in [-0.2, 0) is 9.59 Å². The molecule has 0 aliphatic heterocycles. The van der Waals surface area contributed by atoms with Crippen molar-refractivity contribution in [1.29, 1.82) is 0 Å². The van der Waals surface area contributed by atoms with Gasteiger partial charge in [0.15, 0.2) is 13.1 Å². The van der Waals surface area contributed by atoms with Crippen molar-refractivity contribution >= 4 is 11.9 Å². The third-order valence-electron chi connectivity index (χ3n) is 1.89. The van der Waals surface area contributed by atoms with Crippen LogP contribution < -0.4 is 0 Å². The summed E-state index contributed by atoms with van der Waals surface area (Å²) in [6.45, 7) is 0.432. The van der Waals surface area contributed by atoms with E-state index in [2.05, 4.69) is 0 Å². The van der Waals surface area contributed by atoms with Gasteiger partial charge in [0.25, 0.3) is 0 Å². The lowest BCUT2D eigenvalue weighted by molar-refractivity contribution is -1.06. The Morgan fingerprint density at radius 3 is 1.33 bits per heavy atom. The van der Waals surface area contributed by atoms with Crippen LogP contribution in [0.15, 0.2) is 0 Å². The molecule has 0 aliphatic carbocycles. The number of rotatable bonds is 6. The van der Waals surface area contributed by atoms with Gasteiger partial charge in [-0.25, -0.2) is 9.59 Å². The van der Waals surface area contributed by atoms with Gasteiger partial charge >= 0.3 is 11.9 Å². The smallest absolute Gasteiger partial charge is 0.359 e. The van der Waals surface area contributed by atoms with Crippen molar-refractivity contribution in [2.24, 2.45) is 0 Å². The molecule has 0 saturated carbocycles. The minimum Gasteiger partial charge on any atom is -0.477 e. The third-order valence-corrected chi connectivity index (χ3v) is 1.89. The predicted octanol–water partition coefficient (Wildman–Crippen LogP) is -0.734. The second kappa shape index (κ2) is 4.59. The molecule has 6 heteroatoms. The molecule has 0 aromatic heterocycles. The number of carboxylic acid groups (broad SMARTS) is 2. The normalized spacial score (nSPS) is 12.5. The third kappa shape index (κ3) is 6.87. The van der Waals surface area contributed by atoms with Crippen molar-refractivity contribution in [1.82, 2.24) is 0 Å². The van der Waals surface area contributed by atoms with E-state index >= 15 is 0 Å². The van der Waals surface area contributed by atoms with Crippen LogP contribution in [0.3, 0.4) is 0 Å². The van der Waals surface area contributed by atoms with Crippen LogP contribution in [-0.4, -0.2) is 79.1 Å². The minimum absolute atomic E-state index is 0.0126. The lowest BCUT2D eigenvalue weighted by Crippen LogP contribution is -2.58. The van der Waals surface area contributed by atoms with Crippen molar-refractivity contribution in [2.45, 2.75) is 0 Å². The molecular weight excluding hydrogens is 200 g/mol. The molecular formula is C9H20N2O4+2. The molecule has 0 heterocycles. The van der Waals surface area contributed by atoms with E-state index < -0.39 is 11.9 Å². The fourth-order valence-corrected chi connectivity index (χ4v) is 1.87. The van der Waals surface area contributed by atoms with Gasteiger partial charge in [0.2, 0.25) is 6.67 Å². The fourth-order valence-electron chi connectivity index (χ4n) is 1.87. The minimum atomic E-state index is -0.879. The standard InChI is InChI=1S/C9H18N2O4/c1-10(2,5-8(12)13)7-11(3,4)6-9(14)15/h5-7H2,1-4H3/p+2. The summed E-state index contributed by atoms with van der Waals surface area (Å²) in [5, 5.41) is 17.4. The van der Waals surface area contributed by atoms with E-state index in [1.54, 1.807) is 28.2 Å². The second-order valence-corrected chi connectivity index (χ2v) is 5.12. The predicted molar refractivity (Wildman–Crippen MR) is 54.1 cm³/mol. The maximum Gasteiger partial charge on any atom is 0.359 e. The summed E-state index contributed by atoms with van der Waals surface area (Å²) in [5.41, 5.74) is 0. The number of hydrogen-bond donors (Lipinski definition) is 2. The Kier molecular flexibility index (Phi) is 4.24. The van der Waals surface area contributed by atoms with Gasteiger partial charge in [0, 0.05) is 0 Å². The quantitative estimate of drug-likeness (QED) is 0.457. The molecule has 0 saturated heterocycles. The van der Waals surface area contributed by atoms with E-state index in [1.165, 1.54) is 0 Å². The van der Waals surface area contributed by atoms with Crippen molar-refractivity contribution in [3.8, 4) is 0 Å². The number of likely N-dealkylation sites (N-methyl/N-ethyl adjacent to an activating group) is 2. The Hall–Kier alpha value is -1.14. The molecule has 0 amide bonds. The summed E-state index contributed by atoms with van der Waals surface area (Å²) in [6, 6.07) is 0. The molecule has 0 atom stereocenters. The maximum atomic E-state index is 10.6.